The Morgan fingerprint density at radius 1 is 0.857 bits per heavy atom. The van der Waals surface area contributed by atoms with Crippen molar-refractivity contribution in [2.24, 2.45) is 0 Å². The van der Waals surface area contributed by atoms with Gasteiger partial charge in [0.15, 0.2) is 0 Å². The van der Waals surface area contributed by atoms with Gasteiger partial charge < -0.3 is 9.80 Å². The third kappa shape index (κ3) is 1.66. The summed E-state index contributed by atoms with van der Waals surface area (Å²) in [6.07, 6.45) is 0. The van der Waals surface area contributed by atoms with Crippen LogP contribution in [0.1, 0.15) is 5.56 Å². The molecule has 21 heavy (non-hydrogen) atoms. The van der Waals surface area contributed by atoms with E-state index in [9.17, 15) is 4.79 Å². The van der Waals surface area contributed by atoms with Crippen molar-refractivity contribution in [3.63, 3.8) is 0 Å². The Bertz CT molecular complexity index is 797. The zero-order valence-electron chi connectivity index (χ0n) is 11.8. The molecule has 4 heteroatoms. The molecule has 2 aromatic carbocycles. The first kappa shape index (κ1) is 12.5. The molecular formula is C17H14N2OS. The molecular weight excluding hydrogens is 280 g/mol. The zero-order valence-corrected chi connectivity index (χ0v) is 12.6. The molecule has 0 N–H and O–H groups in total. The van der Waals surface area contributed by atoms with Crippen LogP contribution in [0.5, 0.6) is 0 Å². The fourth-order valence-electron chi connectivity index (χ4n) is 2.90. The molecule has 1 amide bonds. The van der Waals surface area contributed by atoms with E-state index in [0.29, 0.717) is 0 Å². The van der Waals surface area contributed by atoms with Crippen LogP contribution < -0.4 is 9.80 Å². The highest BCUT2D eigenvalue weighted by Gasteiger charge is 2.36. The zero-order chi connectivity index (χ0) is 14.6. The number of thioether (sulfide) groups is 1. The third-order valence-corrected chi connectivity index (χ3v) is 5.24. The van der Waals surface area contributed by atoms with Crippen LogP contribution in [0.2, 0.25) is 0 Å². The van der Waals surface area contributed by atoms with E-state index in [1.54, 1.807) is 16.7 Å². The smallest absolute Gasteiger partial charge is 0.261 e. The molecule has 2 heterocycles. The number of amides is 1. The predicted molar refractivity (Wildman–Crippen MR) is 87.5 cm³/mol. The van der Waals surface area contributed by atoms with Gasteiger partial charge in [0.1, 0.15) is 0 Å². The fraction of sp³-hybridized carbons (Fsp3) is 0.118. The molecule has 0 atom stereocenters. The molecule has 4 rings (SSSR count). The second-order valence-corrected chi connectivity index (χ2v) is 6.22. The number of carbonyl (C=O) groups excluding carboxylic acids is 1. The first-order chi connectivity index (χ1) is 10.2. The maximum absolute atomic E-state index is 12.7. The number of fused-ring (bicyclic) bond motifs is 2. The number of carbonyl (C=O) groups is 1. The Balaban J connectivity index is 1.93. The summed E-state index contributed by atoms with van der Waals surface area (Å²) in [7, 11) is 3.86. The van der Waals surface area contributed by atoms with Crippen LogP contribution in [0.4, 0.5) is 11.4 Å². The van der Waals surface area contributed by atoms with Crippen LogP contribution in [-0.4, -0.2) is 20.0 Å². The van der Waals surface area contributed by atoms with E-state index >= 15 is 0 Å². The number of para-hydroxylation sites is 2. The number of hydrogen-bond donors (Lipinski definition) is 0. The first-order valence-corrected chi connectivity index (χ1v) is 7.62. The first-order valence-electron chi connectivity index (χ1n) is 6.81. The minimum Gasteiger partial charge on any atom is -0.337 e. The molecule has 0 spiro atoms. The molecule has 2 aliphatic rings. The van der Waals surface area contributed by atoms with Crippen molar-refractivity contribution < 1.29 is 4.79 Å². The molecule has 0 fully saturated rings. The monoisotopic (exact) mass is 294 g/mol. The Kier molecular flexibility index (Phi) is 2.62. The van der Waals surface area contributed by atoms with Crippen molar-refractivity contribution >= 4 is 34.6 Å². The van der Waals surface area contributed by atoms with Gasteiger partial charge in [0, 0.05) is 24.6 Å². The molecule has 0 unspecified atom stereocenters. The largest absolute Gasteiger partial charge is 0.337 e. The summed E-state index contributed by atoms with van der Waals surface area (Å²) in [6, 6.07) is 16.2. The number of hydrogen-bond acceptors (Lipinski definition) is 3. The molecule has 2 aromatic rings. The highest BCUT2D eigenvalue weighted by atomic mass is 32.2. The molecule has 0 saturated carbocycles. The second-order valence-electron chi connectivity index (χ2n) is 5.19. The fourth-order valence-corrected chi connectivity index (χ4v) is 4.10. The van der Waals surface area contributed by atoms with E-state index in [0.717, 1.165) is 27.5 Å². The van der Waals surface area contributed by atoms with Gasteiger partial charge in [-0.2, -0.15) is 0 Å². The van der Waals surface area contributed by atoms with E-state index in [1.807, 2.05) is 50.5 Å². The third-order valence-electron chi connectivity index (χ3n) is 4.00. The van der Waals surface area contributed by atoms with Crippen molar-refractivity contribution in [1.82, 2.24) is 0 Å². The Hall–Kier alpha value is -2.20. The summed E-state index contributed by atoms with van der Waals surface area (Å²) >= 11 is 1.67. The van der Waals surface area contributed by atoms with Gasteiger partial charge in [0.25, 0.3) is 5.91 Å². The average molecular weight is 294 g/mol. The van der Waals surface area contributed by atoms with E-state index in [4.69, 9.17) is 0 Å². The van der Waals surface area contributed by atoms with Crippen molar-refractivity contribution in [3.8, 4) is 0 Å². The Morgan fingerprint density at radius 3 is 2.29 bits per heavy atom. The van der Waals surface area contributed by atoms with Crippen molar-refractivity contribution in [3.05, 3.63) is 59.1 Å². The SMILES string of the molecule is CN1C(=O)/C(=C2\Sc3ccccc3N2C)c2ccccc21. The summed E-state index contributed by atoms with van der Waals surface area (Å²) in [5, 5.41) is 1.01. The lowest BCUT2D eigenvalue weighted by Gasteiger charge is -2.15. The van der Waals surface area contributed by atoms with Gasteiger partial charge in [0.05, 0.1) is 22.0 Å². The van der Waals surface area contributed by atoms with Gasteiger partial charge in [-0.25, -0.2) is 0 Å². The second kappa shape index (κ2) is 4.40. The quantitative estimate of drug-likeness (QED) is 0.694. The number of nitrogens with zero attached hydrogens (tertiary/aromatic N) is 2. The van der Waals surface area contributed by atoms with E-state index in [1.165, 1.54) is 4.90 Å². The van der Waals surface area contributed by atoms with E-state index in [-0.39, 0.29) is 5.91 Å². The lowest BCUT2D eigenvalue weighted by atomic mass is 10.1. The van der Waals surface area contributed by atoms with E-state index < -0.39 is 0 Å². The van der Waals surface area contributed by atoms with Gasteiger partial charge in [-0.05, 0) is 18.2 Å². The molecule has 2 aliphatic heterocycles. The molecule has 0 saturated heterocycles. The molecule has 0 aliphatic carbocycles. The highest BCUT2D eigenvalue weighted by Crippen LogP contribution is 2.50. The predicted octanol–water partition coefficient (Wildman–Crippen LogP) is 3.57. The van der Waals surface area contributed by atoms with Gasteiger partial charge >= 0.3 is 0 Å². The molecule has 104 valence electrons. The molecule has 0 aromatic heterocycles. The van der Waals surface area contributed by atoms with Gasteiger partial charge in [-0.1, -0.05) is 42.1 Å². The number of likely N-dealkylation sites (N-methyl/N-ethyl adjacent to an activating group) is 1. The summed E-state index contributed by atoms with van der Waals surface area (Å²) < 4.78 is 0. The van der Waals surface area contributed by atoms with Crippen LogP contribution in [0.25, 0.3) is 5.57 Å². The molecule has 0 radical (unpaired) electrons. The standard InChI is InChI=1S/C17H14N2OS/c1-18-12-8-4-3-7-11(12)15(16(18)20)17-19(2)13-9-5-6-10-14(13)21-17/h3-10H,1-2H3/b17-15-. The average Bonchev–Trinajstić information content (AvgIpc) is 2.96. The van der Waals surface area contributed by atoms with Gasteiger partial charge in [-0.3, -0.25) is 4.79 Å². The summed E-state index contributed by atoms with van der Waals surface area (Å²) in [5.41, 5.74) is 3.96. The minimum absolute atomic E-state index is 0.0679. The summed E-state index contributed by atoms with van der Waals surface area (Å²) in [6.45, 7) is 0. The molecule has 3 nitrogen and oxygen atoms in total. The maximum Gasteiger partial charge on any atom is 0.261 e. The van der Waals surface area contributed by atoms with Gasteiger partial charge in [0.2, 0.25) is 0 Å². The lowest BCUT2D eigenvalue weighted by molar-refractivity contribution is -0.112. The Labute approximate surface area is 127 Å². The van der Waals surface area contributed by atoms with Gasteiger partial charge in [-0.15, -0.1) is 0 Å². The van der Waals surface area contributed by atoms with Crippen LogP contribution in [0.15, 0.2) is 58.5 Å². The number of anilines is 2. The van der Waals surface area contributed by atoms with Crippen molar-refractivity contribution in [2.75, 3.05) is 23.9 Å². The maximum atomic E-state index is 12.7. The highest BCUT2D eigenvalue weighted by molar-refractivity contribution is 8.04. The normalized spacial score (nSPS) is 20.0. The lowest BCUT2D eigenvalue weighted by Crippen LogP contribution is -2.22. The topological polar surface area (TPSA) is 23.6 Å². The van der Waals surface area contributed by atoms with Crippen LogP contribution in [0.3, 0.4) is 0 Å². The number of benzene rings is 2. The van der Waals surface area contributed by atoms with Crippen LogP contribution in [-0.2, 0) is 4.79 Å². The van der Waals surface area contributed by atoms with Crippen molar-refractivity contribution in [1.29, 1.82) is 0 Å². The Morgan fingerprint density at radius 2 is 1.52 bits per heavy atom. The van der Waals surface area contributed by atoms with Crippen LogP contribution >= 0.6 is 11.8 Å². The van der Waals surface area contributed by atoms with Crippen LogP contribution in [0, 0.1) is 0 Å². The minimum atomic E-state index is 0.0679. The number of rotatable bonds is 0. The van der Waals surface area contributed by atoms with E-state index in [2.05, 4.69) is 17.0 Å². The van der Waals surface area contributed by atoms with Crippen molar-refractivity contribution in [2.45, 2.75) is 4.90 Å². The summed E-state index contributed by atoms with van der Waals surface area (Å²) in [4.78, 5) is 17.7. The summed E-state index contributed by atoms with van der Waals surface area (Å²) in [5.74, 6) is 0.0679. The molecule has 0 bridgehead atoms.